The predicted molar refractivity (Wildman–Crippen MR) is 78.9 cm³/mol. The van der Waals surface area contributed by atoms with Gasteiger partial charge >= 0.3 is 0 Å². The van der Waals surface area contributed by atoms with Crippen LogP contribution in [0.15, 0.2) is 24.3 Å². The van der Waals surface area contributed by atoms with Gasteiger partial charge in [-0.15, -0.1) is 0 Å². The van der Waals surface area contributed by atoms with Crippen LogP contribution in [0.25, 0.3) is 0 Å². The molecule has 2 heteroatoms. The van der Waals surface area contributed by atoms with Gasteiger partial charge in [-0.1, -0.05) is 31.5 Å². The Morgan fingerprint density at radius 3 is 2.56 bits per heavy atom. The maximum absolute atomic E-state index is 6.24. The second-order valence-corrected chi connectivity index (χ2v) is 5.41. The van der Waals surface area contributed by atoms with Gasteiger partial charge in [0.15, 0.2) is 0 Å². The predicted octanol–water partition coefficient (Wildman–Crippen LogP) is 3.72. The first-order valence-electron chi connectivity index (χ1n) is 7.35. The lowest BCUT2D eigenvalue weighted by Crippen LogP contribution is -2.33. The molecule has 100 valence electrons. The summed E-state index contributed by atoms with van der Waals surface area (Å²) in [6.07, 6.45) is 5.22. The summed E-state index contributed by atoms with van der Waals surface area (Å²) in [5.41, 5.74) is 8.89. The maximum atomic E-state index is 6.24. The quantitative estimate of drug-likeness (QED) is 0.829. The molecular formula is C16H26N2. The highest BCUT2D eigenvalue weighted by molar-refractivity contribution is 5.55. The second kappa shape index (κ2) is 6.24. The Morgan fingerprint density at radius 1 is 1.28 bits per heavy atom. The molecule has 1 fully saturated rings. The van der Waals surface area contributed by atoms with E-state index in [0.717, 1.165) is 18.9 Å². The number of para-hydroxylation sites is 1. The van der Waals surface area contributed by atoms with Gasteiger partial charge < -0.3 is 10.6 Å². The molecule has 1 aromatic rings. The van der Waals surface area contributed by atoms with Crippen LogP contribution >= 0.6 is 0 Å². The van der Waals surface area contributed by atoms with Crippen LogP contribution in [0.4, 0.5) is 5.69 Å². The van der Waals surface area contributed by atoms with E-state index in [1.807, 2.05) is 0 Å². The molecular weight excluding hydrogens is 220 g/mol. The minimum Gasteiger partial charge on any atom is -0.371 e. The molecule has 0 aliphatic heterocycles. The molecule has 1 saturated carbocycles. The Hall–Kier alpha value is -1.02. The molecule has 2 rings (SSSR count). The molecule has 0 aromatic heterocycles. The molecule has 2 nitrogen and oxygen atoms in total. The van der Waals surface area contributed by atoms with Crippen LogP contribution in [0.3, 0.4) is 0 Å². The number of nitrogens with zero attached hydrogens (tertiary/aromatic N) is 1. The normalized spacial score (nSPS) is 17.3. The van der Waals surface area contributed by atoms with Gasteiger partial charge in [0.25, 0.3) is 0 Å². The van der Waals surface area contributed by atoms with Crippen LogP contribution in [0.2, 0.25) is 0 Å². The lowest BCUT2D eigenvalue weighted by molar-refractivity contribution is 0.318. The zero-order chi connectivity index (χ0) is 13.0. The highest BCUT2D eigenvalue weighted by atomic mass is 15.1. The minimum absolute atomic E-state index is 0.164. The van der Waals surface area contributed by atoms with Crippen LogP contribution < -0.4 is 10.6 Å². The van der Waals surface area contributed by atoms with Crippen molar-refractivity contribution in [3.05, 3.63) is 29.8 Å². The molecule has 0 saturated heterocycles. The molecule has 2 N–H and O–H groups in total. The van der Waals surface area contributed by atoms with Crippen molar-refractivity contribution in [3.8, 4) is 0 Å². The van der Waals surface area contributed by atoms with E-state index >= 15 is 0 Å². The summed E-state index contributed by atoms with van der Waals surface area (Å²) in [6, 6.07) is 8.81. The summed E-state index contributed by atoms with van der Waals surface area (Å²) in [7, 11) is 0. The molecule has 0 heterocycles. The lowest BCUT2D eigenvalue weighted by atomic mass is 9.85. The van der Waals surface area contributed by atoms with Gasteiger partial charge in [0.05, 0.1) is 0 Å². The van der Waals surface area contributed by atoms with Gasteiger partial charge in [0.1, 0.15) is 0 Å². The van der Waals surface area contributed by atoms with Crippen molar-refractivity contribution in [3.63, 3.8) is 0 Å². The average Bonchev–Trinajstić information content (AvgIpc) is 2.37. The van der Waals surface area contributed by atoms with Crippen molar-refractivity contribution >= 4 is 5.69 Å². The van der Waals surface area contributed by atoms with Gasteiger partial charge in [-0.2, -0.15) is 0 Å². The lowest BCUT2D eigenvalue weighted by Gasteiger charge is -2.34. The fourth-order valence-electron chi connectivity index (χ4n) is 2.69. The Kier molecular flexibility index (Phi) is 4.65. The topological polar surface area (TPSA) is 29.3 Å². The fraction of sp³-hybridized carbons (Fsp3) is 0.625. The Morgan fingerprint density at radius 2 is 2.00 bits per heavy atom. The maximum Gasteiger partial charge on any atom is 0.0414 e. The number of benzene rings is 1. The molecule has 0 amide bonds. The molecule has 18 heavy (non-hydrogen) atoms. The van der Waals surface area contributed by atoms with Crippen molar-refractivity contribution in [1.82, 2.24) is 0 Å². The van der Waals surface area contributed by atoms with Gasteiger partial charge in [-0.25, -0.2) is 0 Å². The van der Waals surface area contributed by atoms with Crippen LogP contribution in [-0.2, 0) is 0 Å². The van der Waals surface area contributed by atoms with Gasteiger partial charge in [0, 0.05) is 24.8 Å². The molecule has 0 spiro atoms. The Balaban J connectivity index is 2.17. The van der Waals surface area contributed by atoms with Crippen LogP contribution in [-0.4, -0.2) is 13.1 Å². The molecule has 1 atom stereocenters. The van der Waals surface area contributed by atoms with E-state index in [2.05, 4.69) is 43.0 Å². The third-order valence-electron chi connectivity index (χ3n) is 4.20. The van der Waals surface area contributed by atoms with E-state index in [4.69, 9.17) is 5.73 Å². The minimum atomic E-state index is 0.164. The van der Waals surface area contributed by atoms with E-state index in [1.54, 1.807) is 0 Å². The molecule has 1 aliphatic carbocycles. The highest BCUT2D eigenvalue weighted by Gasteiger charge is 2.22. The second-order valence-electron chi connectivity index (χ2n) is 5.41. The monoisotopic (exact) mass is 246 g/mol. The molecule has 1 aliphatic rings. The van der Waals surface area contributed by atoms with Crippen LogP contribution in [0.1, 0.15) is 51.1 Å². The van der Waals surface area contributed by atoms with E-state index in [0.29, 0.717) is 0 Å². The summed E-state index contributed by atoms with van der Waals surface area (Å²) in [4.78, 5) is 2.51. The summed E-state index contributed by atoms with van der Waals surface area (Å²) in [5, 5.41) is 0. The number of rotatable bonds is 6. The summed E-state index contributed by atoms with van der Waals surface area (Å²) in [6.45, 7) is 6.67. The van der Waals surface area contributed by atoms with Gasteiger partial charge in [-0.05, 0) is 43.7 Å². The number of anilines is 1. The summed E-state index contributed by atoms with van der Waals surface area (Å²) in [5.74, 6) is 0.899. The molecule has 0 unspecified atom stereocenters. The molecule has 0 bridgehead atoms. The van der Waals surface area contributed by atoms with E-state index < -0.39 is 0 Å². The van der Waals surface area contributed by atoms with Crippen molar-refractivity contribution in [2.24, 2.45) is 11.7 Å². The largest absolute Gasteiger partial charge is 0.371 e. The van der Waals surface area contributed by atoms with Crippen molar-refractivity contribution < 1.29 is 0 Å². The van der Waals surface area contributed by atoms with E-state index in [9.17, 15) is 0 Å². The van der Waals surface area contributed by atoms with Crippen LogP contribution in [0.5, 0.6) is 0 Å². The zero-order valence-corrected chi connectivity index (χ0v) is 11.7. The number of hydrogen-bond donors (Lipinski definition) is 1. The molecule has 1 aromatic carbocycles. The SMILES string of the molecule is CC[C@@H](N)c1ccccc1N(CC)CC1CCC1. The first kappa shape index (κ1) is 13.4. The zero-order valence-electron chi connectivity index (χ0n) is 11.7. The van der Waals surface area contributed by atoms with Crippen molar-refractivity contribution in [2.75, 3.05) is 18.0 Å². The van der Waals surface area contributed by atoms with E-state index in [-0.39, 0.29) is 6.04 Å². The molecule has 0 radical (unpaired) electrons. The third kappa shape index (κ3) is 2.86. The number of nitrogens with two attached hydrogens (primary N) is 1. The third-order valence-corrected chi connectivity index (χ3v) is 4.20. The highest BCUT2D eigenvalue weighted by Crippen LogP contribution is 2.32. The van der Waals surface area contributed by atoms with Gasteiger partial charge in [0.2, 0.25) is 0 Å². The fourth-order valence-corrected chi connectivity index (χ4v) is 2.69. The summed E-state index contributed by atoms with van der Waals surface area (Å²) < 4.78 is 0. The van der Waals surface area contributed by atoms with E-state index in [1.165, 1.54) is 37.1 Å². The van der Waals surface area contributed by atoms with Crippen molar-refractivity contribution in [1.29, 1.82) is 0 Å². The smallest absolute Gasteiger partial charge is 0.0414 e. The van der Waals surface area contributed by atoms with Gasteiger partial charge in [-0.3, -0.25) is 0 Å². The number of hydrogen-bond acceptors (Lipinski definition) is 2. The first-order chi connectivity index (χ1) is 8.76. The Labute approximate surface area is 111 Å². The standard InChI is InChI=1S/C16H26N2/c1-3-15(17)14-10-5-6-11-16(14)18(4-2)12-13-8-7-9-13/h5-6,10-11,13,15H,3-4,7-9,12,17H2,1-2H3/t15-/m1/s1. The average molecular weight is 246 g/mol. The van der Waals surface area contributed by atoms with Crippen LogP contribution in [0, 0.1) is 5.92 Å². The van der Waals surface area contributed by atoms with Crippen molar-refractivity contribution in [2.45, 2.75) is 45.6 Å². The summed E-state index contributed by atoms with van der Waals surface area (Å²) >= 11 is 0. The Bertz CT molecular complexity index is 371. The first-order valence-corrected chi connectivity index (χ1v) is 7.35.